The van der Waals surface area contributed by atoms with Crippen LogP contribution in [-0.2, 0) is 15.0 Å². The largest absolute Gasteiger partial charge is 0.432 e. The minimum Gasteiger partial charge on any atom is -0.342 e. The van der Waals surface area contributed by atoms with Gasteiger partial charge in [0.1, 0.15) is 11.9 Å². The quantitative estimate of drug-likeness (QED) is 0.565. The van der Waals surface area contributed by atoms with E-state index in [0.717, 1.165) is 36.5 Å². The molecule has 0 radical (unpaired) electrons. The van der Waals surface area contributed by atoms with Crippen LogP contribution in [0.15, 0.2) is 29.4 Å². The molecule has 2 saturated heterocycles. The maximum atomic E-state index is 13.6. The summed E-state index contributed by atoms with van der Waals surface area (Å²) >= 11 is 12.0. The smallest absolute Gasteiger partial charge is 0.342 e. The van der Waals surface area contributed by atoms with Crippen LogP contribution < -0.4 is 0 Å². The fraction of sp³-hybridized carbons (Fsp3) is 0.609. The number of piperidine rings is 1. The number of hydrogen-bond acceptors (Lipinski definition) is 4. The first-order chi connectivity index (χ1) is 16.0. The van der Waals surface area contributed by atoms with E-state index in [1.165, 1.54) is 6.92 Å². The lowest BCUT2D eigenvalue weighted by Crippen LogP contribution is -2.54. The number of hydrazone groups is 1. The number of likely N-dealkylation sites (tertiary alicyclic amines) is 2. The summed E-state index contributed by atoms with van der Waals surface area (Å²) in [6, 6.07) is 6.51. The molecule has 0 aromatic heterocycles. The van der Waals surface area contributed by atoms with Crippen molar-refractivity contribution in [3.05, 3.63) is 34.9 Å². The van der Waals surface area contributed by atoms with Gasteiger partial charge in [-0.3, -0.25) is 14.6 Å². The highest BCUT2D eigenvalue weighted by molar-refractivity contribution is 6.34. The fourth-order valence-corrected chi connectivity index (χ4v) is 5.47. The fourth-order valence-electron chi connectivity index (χ4n) is 5.05. The SMILES string of the molecule is CC1C(Cl)C(C(F)(F)F)=NN1CC(=O)N1CCC(C(=O)N2CCCC2)(c2ccc(Cl)cc2)CC1. The van der Waals surface area contributed by atoms with Crippen molar-refractivity contribution in [1.29, 1.82) is 0 Å². The molecule has 11 heteroatoms. The molecule has 0 N–H and O–H groups in total. The van der Waals surface area contributed by atoms with Gasteiger partial charge in [-0.2, -0.15) is 18.3 Å². The van der Waals surface area contributed by atoms with E-state index in [0.29, 0.717) is 31.0 Å². The Morgan fingerprint density at radius 1 is 1.06 bits per heavy atom. The maximum Gasteiger partial charge on any atom is 0.432 e. The molecular formula is C23H27Cl2F3N4O2. The Balaban J connectivity index is 1.48. The van der Waals surface area contributed by atoms with Gasteiger partial charge in [0.2, 0.25) is 11.8 Å². The number of nitrogens with zero attached hydrogens (tertiary/aromatic N) is 4. The lowest BCUT2D eigenvalue weighted by atomic mass is 9.71. The molecule has 0 spiro atoms. The molecule has 3 heterocycles. The monoisotopic (exact) mass is 518 g/mol. The topological polar surface area (TPSA) is 56.2 Å². The highest BCUT2D eigenvalue weighted by Gasteiger charge is 2.49. The van der Waals surface area contributed by atoms with Crippen LogP contribution in [0.25, 0.3) is 0 Å². The number of carbonyl (C=O) groups is 2. The van der Waals surface area contributed by atoms with E-state index in [9.17, 15) is 22.8 Å². The van der Waals surface area contributed by atoms with Gasteiger partial charge in [0.25, 0.3) is 0 Å². The van der Waals surface area contributed by atoms with Crippen molar-refractivity contribution in [3.8, 4) is 0 Å². The van der Waals surface area contributed by atoms with Gasteiger partial charge in [-0.25, -0.2) is 0 Å². The van der Waals surface area contributed by atoms with Crippen molar-refractivity contribution >= 4 is 40.7 Å². The summed E-state index contributed by atoms with van der Waals surface area (Å²) in [7, 11) is 0. The second-order valence-corrected chi connectivity index (χ2v) is 10.1. The number of halogens is 5. The molecule has 186 valence electrons. The molecule has 2 amide bonds. The molecular weight excluding hydrogens is 492 g/mol. The van der Waals surface area contributed by atoms with E-state index in [2.05, 4.69) is 5.10 Å². The van der Waals surface area contributed by atoms with Gasteiger partial charge >= 0.3 is 6.18 Å². The lowest BCUT2D eigenvalue weighted by molar-refractivity contribution is -0.142. The van der Waals surface area contributed by atoms with Crippen molar-refractivity contribution in [2.75, 3.05) is 32.7 Å². The predicted octanol–water partition coefficient (Wildman–Crippen LogP) is 4.05. The maximum absolute atomic E-state index is 13.6. The van der Waals surface area contributed by atoms with Crippen molar-refractivity contribution in [3.63, 3.8) is 0 Å². The van der Waals surface area contributed by atoms with E-state index >= 15 is 0 Å². The Morgan fingerprint density at radius 3 is 2.18 bits per heavy atom. The summed E-state index contributed by atoms with van der Waals surface area (Å²) in [6.45, 7) is 3.32. The van der Waals surface area contributed by atoms with Crippen LogP contribution in [0.5, 0.6) is 0 Å². The van der Waals surface area contributed by atoms with Crippen molar-refractivity contribution in [2.24, 2.45) is 5.10 Å². The lowest BCUT2D eigenvalue weighted by Gasteiger charge is -2.43. The van der Waals surface area contributed by atoms with E-state index < -0.39 is 28.7 Å². The Hall–Kier alpha value is -2.00. The molecule has 6 nitrogen and oxygen atoms in total. The van der Waals surface area contributed by atoms with Crippen molar-refractivity contribution in [2.45, 2.75) is 55.6 Å². The zero-order valence-electron chi connectivity index (χ0n) is 18.8. The molecule has 3 aliphatic rings. The number of alkyl halides is 4. The van der Waals surface area contributed by atoms with E-state index in [1.807, 2.05) is 17.0 Å². The third-order valence-corrected chi connectivity index (χ3v) is 7.97. The van der Waals surface area contributed by atoms with Gasteiger partial charge in [0.05, 0.1) is 11.5 Å². The third-order valence-electron chi connectivity index (χ3n) is 7.15. The number of carbonyl (C=O) groups excluding carboxylic acids is 2. The summed E-state index contributed by atoms with van der Waals surface area (Å²) in [4.78, 5) is 30.1. The standard InChI is InChI=1S/C23H27Cl2F3N4O2/c1-15-19(25)20(23(26,27)28)29-32(15)14-18(33)30-12-8-22(9-13-30,16-4-6-17(24)7-5-16)21(34)31-10-2-3-11-31/h4-7,15,19H,2-3,8-14H2,1H3. The number of hydrogen-bond donors (Lipinski definition) is 0. The number of amides is 2. The molecule has 1 aromatic carbocycles. The predicted molar refractivity (Wildman–Crippen MR) is 124 cm³/mol. The van der Waals surface area contributed by atoms with Gasteiger partial charge in [-0.1, -0.05) is 23.7 Å². The summed E-state index contributed by atoms with van der Waals surface area (Å²) in [5.74, 6) is -0.266. The van der Waals surface area contributed by atoms with Crippen LogP contribution in [0.1, 0.15) is 38.2 Å². The van der Waals surface area contributed by atoms with Crippen LogP contribution in [0.2, 0.25) is 5.02 Å². The number of rotatable bonds is 4. The Labute approximate surface area is 206 Å². The van der Waals surface area contributed by atoms with Crippen LogP contribution in [-0.4, -0.2) is 82.7 Å². The summed E-state index contributed by atoms with van der Waals surface area (Å²) < 4.78 is 39.4. The molecule has 0 saturated carbocycles. The molecule has 3 aliphatic heterocycles. The van der Waals surface area contributed by atoms with Crippen LogP contribution in [0.3, 0.4) is 0 Å². The first-order valence-corrected chi connectivity index (χ1v) is 12.2. The van der Waals surface area contributed by atoms with E-state index in [-0.39, 0.29) is 18.4 Å². The molecule has 34 heavy (non-hydrogen) atoms. The van der Waals surface area contributed by atoms with Gasteiger partial charge in [0, 0.05) is 31.2 Å². The van der Waals surface area contributed by atoms with Gasteiger partial charge < -0.3 is 9.80 Å². The van der Waals surface area contributed by atoms with Crippen LogP contribution in [0.4, 0.5) is 13.2 Å². The molecule has 2 atom stereocenters. The molecule has 2 unspecified atom stereocenters. The molecule has 0 bridgehead atoms. The van der Waals surface area contributed by atoms with Gasteiger partial charge in [-0.05, 0) is 50.3 Å². The molecule has 4 rings (SSSR count). The summed E-state index contributed by atoms with van der Waals surface area (Å²) in [5, 5.41) is 3.95. The minimum absolute atomic E-state index is 0.0667. The van der Waals surface area contributed by atoms with Crippen molar-refractivity contribution in [1.82, 2.24) is 14.8 Å². The van der Waals surface area contributed by atoms with Crippen LogP contribution >= 0.6 is 23.2 Å². The third kappa shape index (κ3) is 4.73. The summed E-state index contributed by atoms with van der Waals surface area (Å²) in [6.07, 6.45) is -1.83. The average molecular weight is 519 g/mol. The molecule has 2 fully saturated rings. The zero-order valence-corrected chi connectivity index (χ0v) is 20.3. The van der Waals surface area contributed by atoms with E-state index in [1.54, 1.807) is 17.0 Å². The second-order valence-electron chi connectivity index (χ2n) is 9.19. The normalized spacial score (nSPS) is 25.0. The van der Waals surface area contributed by atoms with Crippen LogP contribution in [0, 0.1) is 0 Å². The molecule has 1 aromatic rings. The Kier molecular flexibility index (Phi) is 7.06. The zero-order chi connectivity index (χ0) is 24.7. The van der Waals surface area contributed by atoms with Gasteiger partial charge in [-0.15, -0.1) is 11.6 Å². The van der Waals surface area contributed by atoms with Crippen molar-refractivity contribution < 1.29 is 22.8 Å². The first kappa shape index (κ1) is 25.1. The average Bonchev–Trinajstić information content (AvgIpc) is 3.43. The summed E-state index contributed by atoms with van der Waals surface area (Å²) in [5.41, 5.74) is -0.959. The highest BCUT2D eigenvalue weighted by atomic mass is 35.5. The Morgan fingerprint density at radius 2 is 1.65 bits per heavy atom. The Bertz CT molecular complexity index is 956. The highest BCUT2D eigenvalue weighted by Crippen LogP contribution is 2.39. The minimum atomic E-state index is -4.64. The molecule has 0 aliphatic carbocycles. The second kappa shape index (κ2) is 9.57. The van der Waals surface area contributed by atoms with Gasteiger partial charge in [0.15, 0.2) is 5.71 Å². The van der Waals surface area contributed by atoms with E-state index in [4.69, 9.17) is 23.2 Å². The first-order valence-electron chi connectivity index (χ1n) is 11.4. The number of benzene rings is 1.